The van der Waals surface area contributed by atoms with Crippen molar-refractivity contribution >= 4 is 12.1 Å². The zero-order valence-electron chi connectivity index (χ0n) is 14.3. The predicted molar refractivity (Wildman–Crippen MR) is 99.0 cm³/mol. The van der Waals surface area contributed by atoms with Crippen molar-refractivity contribution in [2.24, 2.45) is 5.73 Å². The van der Waals surface area contributed by atoms with E-state index in [9.17, 15) is 4.79 Å². The van der Waals surface area contributed by atoms with Crippen molar-refractivity contribution in [1.82, 2.24) is 9.78 Å². The quantitative estimate of drug-likeness (QED) is 0.793. The fraction of sp³-hybridized carbons (Fsp3) is 0.143. The highest BCUT2D eigenvalue weighted by molar-refractivity contribution is 5.76. The molecule has 0 bridgehead atoms. The van der Waals surface area contributed by atoms with E-state index in [-0.39, 0.29) is 0 Å². The van der Waals surface area contributed by atoms with Crippen LogP contribution in [0.4, 0.5) is 4.79 Å². The summed E-state index contributed by atoms with van der Waals surface area (Å²) in [6.45, 7) is 0. The average molecular weight is 344 g/mol. The van der Waals surface area contributed by atoms with Crippen LogP contribution in [0.1, 0.15) is 22.4 Å². The molecular formula is C21H18N3O2. The third kappa shape index (κ3) is 2.49. The maximum atomic E-state index is 11.8. The van der Waals surface area contributed by atoms with Crippen molar-refractivity contribution in [2.45, 2.75) is 11.8 Å². The van der Waals surface area contributed by atoms with Crippen molar-refractivity contribution in [1.29, 1.82) is 0 Å². The van der Waals surface area contributed by atoms with Gasteiger partial charge in [-0.1, -0.05) is 54.6 Å². The summed E-state index contributed by atoms with van der Waals surface area (Å²) in [6.07, 6.45) is 7.55. The van der Waals surface area contributed by atoms with Crippen LogP contribution in [0, 0.1) is 6.20 Å². The second-order valence-corrected chi connectivity index (χ2v) is 6.30. The van der Waals surface area contributed by atoms with E-state index in [1.165, 1.54) is 4.68 Å². The van der Waals surface area contributed by atoms with Gasteiger partial charge >= 0.3 is 6.03 Å². The third-order valence-corrected chi connectivity index (χ3v) is 4.92. The minimum Gasteiger partial charge on any atom is -0.497 e. The van der Waals surface area contributed by atoms with Crippen LogP contribution >= 0.6 is 0 Å². The first-order chi connectivity index (χ1) is 12.6. The molecule has 129 valence electrons. The van der Waals surface area contributed by atoms with Crippen LogP contribution in [0.25, 0.3) is 6.08 Å². The highest BCUT2D eigenvalue weighted by Gasteiger charge is 2.37. The molecule has 1 atom stereocenters. The molecule has 0 aliphatic heterocycles. The Labute approximate surface area is 151 Å². The van der Waals surface area contributed by atoms with E-state index in [0.717, 1.165) is 28.1 Å². The van der Waals surface area contributed by atoms with Gasteiger partial charge < -0.3 is 10.5 Å². The van der Waals surface area contributed by atoms with Crippen molar-refractivity contribution < 1.29 is 9.53 Å². The Hall–Kier alpha value is -3.34. The number of hydrogen-bond acceptors (Lipinski definition) is 3. The van der Waals surface area contributed by atoms with Gasteiger partial charge in [0.2, 0.25) is 0 Å². The third-order valence-electron chi connectivity index (χ3n) is 4.92. The van der Waals surface area contributed by atoms with Crippen molar-refractivity contribution in [2.75, 3.05) is 7.11 Å². The second-order valence-electron chi connectivity index (χ2n) is 6.30. The van der Waals surface area contributed by atoms with Crippen LogP contribution in [0.5, 0.6) is 5.75 Å². The van der Waals surface area contributed by atoms with E-state index in [4.69, 9.17) is 10.5 Å². The van der Waals surface area contributed by atoms with E-state index in [1.54, 1.807) is 7.11 Å². The molecule has 1 aliphatic carbocycles. The Balaban J connectivity index is 1.90. The number of allylic oxidation sites excluding steroid dienone is 1. The van der Waals surface area contributed by atoms with Crippen LogP contribution in [-0.4, -0.2) is 22.9 Å². The fourth-order valence-corrected chi connectivity index (χ4v) is 3.56. The van der Waals surface area contributed by atoms with E-state index < -0.39 is 11.4 Å². The number of nitrogens with zero attached hydrogens (tertiary/aromatic N) is 2. The van der Waals surface area contributed by atoms with Crippen LogP contribution in [0.2, 0.25) is 0 Å². The molecule has 5 heteroatoms. The van der Waals surface area contributed by atoms with Gasteiger partial charge in [0.05, 0.1) is 12.8 Å². The molecule has 1 radical (unpaired) electrons. The van der Waals surface area contributed by atoms with Gasteiger partial charge in [-0.25, -0.2) is 4.79 Å². The minimum atomic E-state index is -0.602. The highest BCUT2D eigenvalue weighted by atomic mass is 16.5. The number of carbonyl (C=O) groups excluding carboxylic acids is 1. The summed E-state index contributed by atoms with van der Waals surface area (Å²) in [5.74, 6) is 0.799. The van der Waals surface area contributed by atoms with Crippen LogP contribution in [-0.2, 0) is 11.8 Å². The van der Waals surface area contributed by atoms with Gasteiger partial charge in [0.15, 0.2) is 0 Å². The number of amides is 1. The number of fused-ring (bicyclic) bond motifs is 1. The second kappa shape index (κ2) is 6.19. The Bertz CT molecular complexity index is 974. The molecule has 1 aromatic heterocycles. The van der Waals surface area contributed by atoms with Crippen molar-refractivity contribution in [3.8, 4) is 5.75 Å². The van der Waals surface area contributed by atoms with E-state index in [2.05, 4.69) is 41.6 Å². The number of carbonyl (C=O) groups is 1. The zero-order valence-corrected chi connectivity index (χ0v) is 14.3. The maximum Gasteiger partial charge on any atom is 0.339 e. The molecule has 2 aromatic carbocycles. The smallest absolute Gasteiger partial charge is 0.339 e. The predicted octanol–water partition coefficient (Wildman–Crippen LogP) is 3.17. The molecule has 0 fully saturated rings. The maximum absolute atomic E-state index is 11.8. The van der Waals surface area contributed by atoms with Gasteiger partial charge in [-0.05, 0) is 23.3 Å². The number of nitrogens with two attached hydrogens (primary N) is 1. The summed E-state index contributed by atoms with van der Waals surface area (Å²) in [4.78, 5) is 11.8. The van der Waals surface area contributed by atoms with Crippen LogP contribution in [0.3, 0.4) is 0 Å². The molecule has 1 unspecified atom stereocenters. The van der Waals surface area contributed by atoms with Crippen molar-refractivity contribution in [3.05, 3.63) is 89.3 Å². The van der Waals surface area contributed by atoms with Crippen molar-refractivity contribution in [3.63, 3.8) is 0 Å². The van der Waals surface area contributed by atoms with E-state index in [0.29, 0.717) is 6.42 Å². The van der Waals surface area contributed by atoms with E-state index >= 15 is 0 Å². The van der Waals surface area contributed by atoms with E-state index in [1.807, 2.05) is 36.4 Å². The number of aromatic nitrogens is 2. The monoisotopic (exact) mass is 344 g/mol. The molecule has 2 N–H and O–H groups in total. The van der Waals surface area contributed by atoms with Crippen LogP contribution in [0.15, 0.2) is 60.7 Å². The molecule has 1 amide bonds. The van der Waals surface area contributed by atoms with Gasteiger partial charge in [0.1, 0.15) is 11.9 Å². The summed E-state index contributed by atoms with van der Waals surface area (Å²) in [5.41, 5.74) is 8.85. The van der Waals surface area contributed by atoms with Gasteiger partial charge in [0, 0.05) is 17.4 Å². The molecule has 26 heavy (non-hydrogen) atoms. The van der Waals surface area contributed by atoms with Gasteiger partial charge in [-0.2, -0.15) is 9.78 Å². The SMILES string of the molecule is COc1ccc(C2(c3ccccc3)C=Cc3[c]nn(C(N)=O)c3C2)cc1. The topological polar surface area (TPSA) is 70.1 Å². The highest BCUT2D eigenvalue weighted by Crippen LogP contribution is 2.41. The number of methoxy groups -OCH3 is 1. The zero-order chi connectivity index (χ0) is 18.1. The summed E-state index contributed by atoms with van der Waals surface area (Å²) in [6, 6.07) is 17.6. The molecule has 5 nitrogen and oxygen atoms in total. The lowest BCUT2D eigenvalue weighted by molar-refractivity contribution is 0.246. The number of rotatable bonds is 3. The lowest BCUT2D eigenvalue weighted by Crippen LogP contribution is -2.33. The lowest BCUT2D eigenvalue weighted by Gasteiger charge is -2.35. The molecule has 0 saturated carbocycles. The number of benzene rings is 2. The van der Waals surface area contributed by atoms with Gasteiger partial charge in [-0.15, -0.1) is 0 Å². The first-order valence-corrected chi connectivity index (χ1v) is 8.33. The molecule has 1 aliphatic rings. The molecule has 0 spiro atoms. The molecule has 3 aromatic rings. The van der Waals surface area contributed by atoms with Gasteiger partial charge in [0.25, 0.3) is 0 Å². The minimum absolute atomic E-state index is 0.429. The summed E-state index contributed by atoms with van der Waals surface area (Å²) in [7, 11) is 1.65. The summed E-state index contributed by atoms with van der Waals surface area (Å²) in [5, 5.41) is 4.02. The summed E-state index contributed by atoms with van der Waals surface area (Å²) < 4.78 is 6.53. The Morgan fingerprint density at radius 3 is 2.50 bits per heavy atom. The largest absolute Gasteiger partial charge is 0.497 e. The first-order valence-electron chi connectivity index (χ1n) is 8.33. The normalized spacial score (nSPS) is 18.3. The van der Waals surface area contributed by atoms with Gasteiger partial charge in [-0.3, -0.25) is 0 Å². The molecule has 0 saturated heterocycles. The Morgan fingerprint density at radius 1 is 1.15 bits per heavy atom. The summed E-state index contributed by atoms with van der Waals surface area (Å²) >= 11 is 0. The number of ether oxygens (including phenoxy) is 1. The number of hydrogen-bond donors (Lipinski definition) is 1. The molecule has 1 heterocycles. The average Bonchev–Trinajstić information content (AvgIpc) is 3.12. The fourth-order valence-electron chi connectivity index (χ4n) is 3.56. The molecule has 4 rings (SSSR count). The first kappa shape index (κ1) is 16.1. The Morgan fingerprint density at radius 2 is 1.85 bits per heavy atom. The Kier molecular flexibility index (Phi) is 3.84. The lowest BCUT2D eigenvalue weighted by atomic mass is 9.68. The standard InChI is InChI=1S/C21H18N3O2/c1-26-18-9-7-17(8-10-18)21(16-5-3-2-4-6-16)12-11-15-14-23-24(20(22)25)19(15)13-21/h2-12H,13H2,1H3,(H2,22,25). The number of primary amides is 1. The van der Waals surface area contributed by atoms with Crippen LogP contribution < -0.4 is 10.5 Å². The molecular weight excluding hydrogens is 326 g/mol.